The second kappa shape index (κ2) is 7.47. The summed E-state index contributed by atoms with van der Waals surface area (Å²) in [5, 5.41) is 13.3. The van der Waals surface area contributed by atoms with Crippen LogP contribution in [0.1, 0.15) is 90.9 Å². The minimum Gasteiger partial charge on any atom is -0.411 e. The lowest BCUT2D eigenvalue weighted by atomic mass is 9.60. The van der Waals surface area contributed by atoms with Crippen molar-refractivity contribution in [3.63, 3.8) is 0 Å². The van der Waals surface area contributed by atoms with Gasteiger partial charge in [-0.1, -0.05) is 70.4 Å². The molecule has 0 aromatic heterocycles. The largest absolute Gasteiger partial charge is 0.411 e. The molecule has 0 bridgehead atoms. The van der Waals surface area contributed by atoms with E-state index in [-0.39, 0.29) is 0 Å². The molecule has 2 saturated carbocycles. The van der Waals surface area contributed by atoms with Gasteiger partial charge in [0.05, 0.1) is 5.71 Å². The monoisotopic (exact) mass is 279 g/mol. The van der Waals surface area contributed by atoms with Gasteiger partial charge in [0.1, 0.15) is 0 Å². The van der Waals surface area contributed by atoms with E-state index in [0.29, 0.717) is 11.3 Å². The molecule has 2 aliphatic rings. The third-order valence-corrected chi connectivity index (χ3v) is 6.23. The van der Waals surface area contributed by atoms with E-state index < -0.39 is 0 Å². The third kappa shape index (κ3) is 3.56. The van der Waals surface area contributed by atoms with Crippen molar-refractivity contribution in [3.05, 3.63) is 0 Å². The van der Waals surface area contributed by atoms with Crippen molar-refractivity contribution < 1.29 is 5.21 Å². The Morgan fingerprint density at radius 2 is 1.60 bits per heavy atom. The quantitative estimate of drug-likeness (QED) is 0.478. The Kier molecular flexibility index (Phi) is 5.92. The summed E-state index contributed by atoms with van der Waals surface area (Å²) in [6.45, 7) is 4.93. The maximum absolute atomic E-state index is 9.52. The van der Waals surface area contributed by atoms with Crippen molar-refractivity contribution in [2.75, 3.05) is 0 Å². The lowest BCUT2D eigenvalue weighted by Crippen LogP contribution is -2.40. The van der Waals surface area contributed by atoms with Gasteiger partial charge in [-0.15, -0.1) is 0 Å². The molecular formula is C18H33NO. The summed E-state index contributed by atoms with van der Waals surface area (Å²) in [7, 11) is 0. The van der Waals surface area contributed by atoms with Gasteiger partial charge in [-0.25, -0.2) is 0 Å². The van der Waals surface area contributed by atoms with Gasteiger partial charge in [0.25, 0.3) is 0 Å². The van der Waals surface area contributed by atoms with Crippen LogP contribution in [0, 0.1) is 17.3 Å². The summed E-state index contributed by atoms with van der Waals surface area (Å²) in [6.07, 6.45) is 15.6. The molecule has 1 N–H and O–H groups in total. The lowest BCUT2D eigenvalue weighted by Gasteiger charge is -2.45. The lowest BCUT2D eigenvalue weighted by molar-refractivity contribution is 0.0949. The molecule has 2 nitrogen and oxygen atoms in total. The minimum absolute atomic E-state index is 0.347. The fourth-order valence-electron chi connectivity index (χ4n) is 4.58. The van der Waals surface area contributed by atoms with E-state index in [2.05, 4.69) is 19.0 Å². The normalized spacial score (nSPS) is 39.6. The van der Waals surface area contributed by atoms with Gasteiger partial charge in [0, 0.05) is 5.92 Å². The summed E-state index contributed by atoms with van der Waals surface area (Å²) in [5.74, 6) is 1.27. The maximum atomic E-state index is 9.52. The van der Waals surface area contributed by atoms with Gasteiger partial charge in [-0.05, 0) is 37.0 Å². The summed E-state index contributed by atoms with van der Waals surface area (Å²) < 4.78 is 0. The van der Waals surface area contributed by atoms with Gasteiger partial charge in [-0.3, -0.25) is 0 Å². The topological polar surface area (TPSA) is 32.6 Å². The fourth-order valence-corrected chi connectivity index (χ4v) is 4.58. The van der Waals surface area contributed by atoms with Crippen molar-refractivity contribution in [3.8, 4) is 0 Å². The number of nitrogens with zero attached hydrogens (tertiary/aromatic N) is 1. The molecule has 0 spiro atoms. The highest BCUT2D eigenvalue weighted by Gasteiger charge is 2.41. The van der Waals surface area contributed by atoms with E-state index in [1.807, 2.05) is 0 Å². The second-order valence-electron chi connectivity index (χ2n) is 7.46. The zero-order chi connectivity index (χ0) is 14.4. The molecule has 0 heterocycles. The van der Waals surface area contributed by atoms with Crippen LogP contribution >= 0.6 is 0 Å². The van der Waals surface area contributed by atoms with Crippen molar-refractivity contribution in [2.45, 2.75) is 90.9 Å². The molecule has 0 radical (unpaired) electrons. The zero-order valence-electron chi connectivity index (χ0n) is 13.5. The highest BCUT2D eigenvalue weighted by Crippen LogP contribution is 2.48. The first-order chi connectivity index (χ1) is 9.68. The zero-order valence-corrected chi connectivity index (χ0v) is 13.5. The van der Waals surface area contributed by atoms with Crippen molar-refractivity contribution in [2.24, 2.45) is 22.4 Å². The van der Waals surface area contributed by atoms with Gasteiger partial charge in [0.15, 0.2) is 0 Å². The molecule has 2 heteroatoms. The molecule has 2 fully saturated rings. The molecule has 2 rings (SSSR count). The minimum atomic E-state index is 0.347. The third-order valence-electron chi connectivity index (χ3n) is 6.23. The summed E-state index contributed by atoms with van der Waals surface area (Å²) >= 11 is 0. The first kappa shape index (κ1) is 15.9. The summed E-state index contributed by atoms with van der Waals surface area (Å²) in [4.78, 5) is 0. The molecule has 116 valence electrons. The molecule has 0 amide bonds. The smallest absolute Gasteiger partial charge is 0.0607 e. The molecule has 2 aliphatic carbocycles. The summed E-state index contributed by atoms with van der Waals surface area (Å²) in [6, 6.07) is 0. The number of hydrogen-bond donors (Lipinski definition) is 1. The Hall–Kier alpha value is -0.530. The van der Waals surface area contributed by atoms with Crippen molar-refractivity contribution in [1.29, 1.82) is 0 Å². The molecule has 0 aromatic carbocycles. The molecule has 0 aliphatic heterocycles. The molecular weight excluding hydrogens is 246 g/mol. The standard InChI is InChI=1S/C18H33NO/c1-15-11-7-5-6-10-14-18(15,2)16-12-8-3-4-9-13-17(16)19-20/h15-16,20H,3-14H2,1-2H3. The predicted octanol–water partition coefficient (Wildman–Crippen LogP) is 5.78. The first-order valence-corrected chi connectivity index (χ1v) is 8.89. The number of hydrogen-bond acceptors (Lipinski definition) is 2. The SMILES string of the molecule is CC1CCCCCCC1(C)C1CCCCCCC1=NO. The average molecular weight is 279 g/mol. The Morgan fingerprint density at radius 1 is 0.950 bits per heavy atom. The maximum Gasteiger partial charge on any atom is 0.0607 e. The van der Waals surface area contributed by atoms with Crippen LogP contribution in [0.3, 0.4) is 0 Å². The van der Waals surface area contributed by atoms with Gasteiger partial charge in [0.2, 0.25) is 0 Å². The Balaban J connectivity index is 2.21. The molecule has 3 unspecified atom stereocenters. The fraction of sp³-hybridized carbons (Fsp3) is 0.944. The number of oxime groups is 1. The Morgan fingerprint density at radius 3 is 2.35 bits per heavy atom. The Labute approximate surface area is 125 Å². The van der Waals surface area contributed by atoms with Gasteiger partial charge in [-0.2, -0.15) is 0 Å². The van der Waals surface area contributed by atoms with Gasteiger partial charge >= 0.3 is 0 Å². The second-order valence-corrected chi connectivity index (χ2v) is 7.46. The highest BCUT2D eigenvalue weighted by atomic mass is 16.4. The molecule has 20 heavy (non-hydrogen) atoms. The van der Waals surface area contributed by atoms with Crippen LogP contribution in [-0.2, 0) is 0 Å². The highest BCUT2D eigenvalue weighted by molar-refractivity contribution is 5.87. The van der Waals surface area contributed by atoms with E-state index >= 15 is 0 Å². The van der Waals surface area contributed by atoms with E-state index in [4.69, 9.17) is 0 Å². The molecule has 0 aromatic rings. The average Bonchev–Trinajstić information content (AvgIpc) is 2.40. The number of rotatable bonds is 1. The van der Waals surface area contributed by atoms with Crippen LogP contribution in [-0.4, -0.2) is 10.9 Å². The Bertz CT molecular complexity index is 325. The van der Waals surface area contributed by atoms with E-state index in [1.54, 1.807) is 0 Å². The van der Waals surface area contributed by atoms with E-state index in [9.17, 15) is 5.21 Å². The van der Waals surface area contributed by atoms with Crippen LogP contribution in [0.15, 0.2) is 5.16 Å². The van der Waals surface area contributed by atoms with Crippen molar-refractivity contribution >= 4 is 5.71 Å². The summed E-state index contributed by atoms with van der Waals surface area (Å²) in [5.41, 5.74) is 1.46. The first-order valence-electron chi connectivity index (χ1n) is 8.89. The van der Waals surface area contributed by atoms with E-state index in [0.717, 1.165) is 18.1 Å². The van der Waals surface area contributed by atoms with Gasteiger partial charge < -0.3 is 5.21 Å². The molecule has 3 atom stereocenters. The van der Waals surface area contributed by atoms with Crippen LogP contribution in [0.25, 0.3) is 0 Å². The van der Waals surface area contributed by atoms with Crippen LogP contribution < -0.4 is 0 Å². The van der Waals surface area contributed by atoms with Crippen LogP contribution in [0.5, 0.6) is 0 Å². The van der Waals surface area contributed by atoms with Crippen LogP contribution in [0.4, 0.5) is 0 Å². The molecule has 0 saturated heterocycles. The van der Waals surface area contributed by atoms with Crippen molar-refractivity contribution in [1.82, 2.24) is 0 Å². The predicted molar refractivity (Wildman–Crippen MR) is 85.4 cm³/mol. The van der Waals surface area contributed by atoms with E-state index in [1.165, 1.54) is 70.6 Å². The van der Waals surface area contributed by atoms with Crippen LogP contribution in [0.2, 0.25) is 0 Å².